The van der Waals surface area contributed by atoms with Crippen LogP contribution in [-0.2, 0) is 0 Å². The molecule has 5 heteroatoms. The fourth-order valence-corrected chi connectivity index (χ4v) is 2.66. The topological polar surface area (TPSA) is 41.5 Å². The van der Waals surface area contributed by atoms with Crippen molar-refractivity contribution in [2.75, 3.05) is 13.2 Å². The number of nitrogens with one attached hydrogen (secondary N) is 1. The molecule has 0 bridgehead atoms. The summed E-state index contributed by atoms with van der Waals surface area (Å²) in [6.07, 6.45) is 3.64. The summed E-state index contributed by atoms with van der Waals surface area (Å²) in [5.74, 6) is 0.746. The number of piperidine rings is 1. The Bertz CT molecular complexity index is 395. The zero-order valence-electron chi connectivity index (χ0n) is 10.4. The molecule has 1 aliphatic rings. The Morgan fingerprint density at radius 1 is 1.44 bits per heavy atom. The minimum absolute atomic E-state index is 0. The summed E-state index contributed by atoms with van der Waals surface area (Å²) in [5, 5.41) is 13.4. The van der Waals surface area contributed by atoms with Crippen molar-refractivity contribution in [2.45, 2.75) is 32.2 Å². The smallest absolute Gasteiger partial charge is 0.172 e. The summed E-state index contributed by atoms with van der Waals surface area (Å²) in [7, 11) is 0. The van der Waals surface area contributed by atoms with Gasteiger partial charge in [-0.3, -0.25) is 0 Å². The maximum absolute atomic E-state index is 9.86. The van der Waals surface area contributed by atoms with Gasteiger partial charge >= 0.3 is 0 Å². The third kappa shape index (κ3) is 3.53. The minimum atomic E-state index is 0. The molecule has 2 rings (SSSR count). The predicted molar refractivity (Wildman–Crippen MR) is 78.8 cm³/mol. The van der Waals surface area contributed by atoms with E-state index in [9.17, 15) is 5.11 Å². The van der Waals surface area contributed by atoms with E-state index >= 15 is 0 Å². The second-order valence-corrected chi connectivity index (χ2v) is 5.14. The highest BCUT2D eigenvalue weighted by Crippen LogP contribution is 2.38. The van der Waals surface area contributed by atoms with Gasteiger partial charge in [0.1, 0.15) is 0 Å². The van der Waals surface area contributed by atoms with Gasteiger partial charge in [0, 0.05) is 6.04 Å². The highest BCUT2D eigenvalue weighted by molar-refractivity contribution is 9.10. The van der Waals surface area contributed by atoms with Gasteiger partial charge in [0.05, 0.1) is 11.1 Å². The first-order chi connectivity index (χ1) is 8.22. The van der Waals surface area contributed by atoms with E-state index in [1.54, 1.807) is 0 Å². The van der Waals surface area contributed by atoms with Gasteiger partial charge in [-0.25, -0.2) is 0 Å². The molecule has 0 aliphatic carbocycles. The molecule has 18 heavy (non-hydrogen) atoms. The summed E-state index contributed by atoms with van der Waals surface area (Å²) >= 11 is 3.38. The van der Waals surface area contributed by atoms with Crippen molar-refractivity contribution in [3.05, 3.63) is 22.2 Å². The molecule has 1 aromatic rings. The van der Waals surface area contributed by atoms with Crippen LogP contribution >= 0.6 is 28.3 Å². The van der Waals surface area contributed by atoms with Crippen LogP contribution in [0.25, 0.3) is 0 Å². The number of phenolic OH excluding ortho intramolecular Hbond substituents is 1. The van der Waals surface area contributed by atoms with Gasteiger partial charge in [-0.1, -0.05) is 6.42 Å². The molecule has 1 aliphatic heterocycles. The summed E-state index contributed by atoms with van der Waals surface area (Å²) in [4.78, 5) is 0. The van der Waals surface area contributed by atoms with E-state index in [0.29, 0.717) is 22.9 Å². The number of phenols is 1. The fourth-order valence-electron chi connectivity index (χ4n) is 2.20. The van der Waals surface area contributed by atoms with Gasteiger partial charge in [-0.05, 0) is 59.9 Å². The standard InChI is InChI=1S/C13H18BrNO2.ClH/c1-2-17-12-8-9(7-10(14)13(12)16)11-5-3-4-6-15-11;/h7-8,11,15-16H,2-6H2,1H3;1H/t11-;/m0./s1. The van der Waals surface area contributed by atoms with E-state index in [1.807, 2.05) is 19.1 Å². The molecule has 1 fully saturated rings. The number of hydrogen-bond donors (Lipinski definition) is 2. The van der Waals surface area contributed by atoms with Gasteiger partial charge in [0.2, 0.25) is 0 Å². The van der Waals surface area contributed by atoms with E-state index in [4.69, 9.17) is 4.74 Å². The molecule has 1 heterocycles. The first kappa shape index (κ1) is 15.6. The number of benzene rings is 1. The summed E-state index contributed by atoms with van der Waals surface area (Å²) in [6.45, 7) is 3.54. The lowest BCUT2D eigenvalue weighted by Gasteiger charge is -2.24. The predicted octanol–water partition coefficient (Wildman–Crippen LogP) is 3.79. The van der Waals surface area contributed by atoms with Gasteiger partial charge in [0.25, 0.3) is 0 Å². The lowest BCUT2D eigenvalue weighted by molar-refractivity contribution is 0.315. The third-order valence-electron chi connectivity index (χ3n) is 3.06. The maximum Gasteiger partial charge on any atom is 0.172 e. The van der Waals surface area contributed by atoms with E-state index in [-0.39, 0.29) is 18.2 Å². The number of hydrogen-bond acceptors (Lipinski definition) is 3. The lowest BCUT2D eigenvalue weighted by Crippen LogP contribution is -2.26. The number of ether oxygens (including phenoxy) is 1. The molecule has 2 N–H and O–H groups in total. The Kier molecular flexibility index (Phi) is 6.26. The average Bonchev–Trinajstić information content (AvgIpc) is 2.36. The first-order valence-corrected chi connectivity index (χ1v) is 6.90. The van der Waals surface area contributed by atoms with Crippen LogP contribution in [0.3, 0.4) is 0 Å². The van der Waals surface area contributed by atoms with Gasteiger partial charge < -0.3 is 15.2 Å². The summed E-state index contributed by atoms with van der Waals surface area (Å²) < 4.78 is 6.14. The molecule has 0 saturated carbocycles. The average molecular weight is 337 g/mol. The van der Waals surface area contributed by atoms with Crippen molar-refractivity contribution < 1.29 is 9.84 Å². The van der Waals surface area contributed by atoms with Crippen molar-refractivity contribution in [2.24, 2.45) is 0 Å². The van der Waals surface area contributed by atoms with E-state index < -0.39 is 0 Å². The van der Waals surface area contributed by atoms with Crippen molar-refractivity contribution in [3.8, 4) is 11.5 Å². The van der Waals surface area contributed by atoms with Crippen LogP contribution in [-0.4, -0.2) is 18.3 Å². The molecule has 0 radical (unpaired) electrons. The van der Waals surface area contributed by atoms with Crippen LogP contribution in [0, 0.1) is 0 Å². The van der Waals surface area contributed by atoms with Crippen molar-refractivity contribution in [1.29, 1.82) is 0 Å². The van der Waals surface area contributed by atoms with Crippen LogP contribution in [0.2, 0.25) is 0 Å². The van der Waals surface area contributed by atoms with E-state index in [2.05, 4.69) is 21.2 Å². The molecule has 0 aromatic heterocycles. The second-order valence-electron chi connectivity index (χ2n) is 4.28. The highest BCUT2D eigenvalue weighted by atomic mass is 79.9. The molecular formula is C13H19BrClNO2. The fraction of sp³-hybridized carbons (Fsp3) is 0.538. The molecule has 0 amide bonds. The number of rotatable bonds is 3. The van der Waals surface area contributed by atoms with Crippen LogP contribution in [0.4, 0.5) is 0 Å². The van der Waals surface area contributed by atoms with Crippen molar-refractivity contribution >= 4 is 28.3 Å². The molecule has 102 valence electrons. The highest BCUT2D eigenvalue weighted by Gasteiger charge is 2.18. The summed E-state index contributed by atoms with van der Waals surface area (Å²) in [6, 6.07) is 4.29. The zero-order chi connectivity index (χ0) is 12.3. The molecule has 1 aromatic carbocycles. The normalized spacial score (nSPS) is 19.1. The van der Waals surface area contributed by atoms with Crippen LogP contribution < -0.4 is 10.1 Å². The Morgan fingerprint density at radius 2 is 2.22 bits per heavy atom. The minimum Gasteiger partial charge on any atom is -0.503 e. The molecule has 0 spiro atoms. The second kappa shape index (κ2) is 7.22. The first-order valence-electron chi connectivity index (χ1n) is 6.11. The van der Waals surface area contributed by atoms with Crippen LogP contribution in [0.1, 0.15) is 37.8 Å². The monoisotopic (exact) mass is 335 g/mol. The van der Waals surface area contributed by atoms with Gasteiger partial charge in [0.15, 0.2) is 11.5 Å². The quantitative estimate of drug-likeness (QED) is 0.882. The molecule has 0 unspecified atom stereocenters. The Hall–Kier alpha value is -0.450. The van der Waals surface area contributed by atoms with E-state index in [0.717, 1.165) is 13.0 Å². The molecular weight excluding hydrogens is 318 g/mol. The molecule has 3 nitrogen and oxygen atoms in total. The SMILES string of the molecule is CCOc1cc([C@@H]2CCCCN2)cc(Br)c1O.Cl. The Labute approximate surface area is 122 Å². The van der Waals surface area contributed by atoms with E-state index in [1.165, 1.54) is 18.4 Å². The van der Waals surface area contributed by atoms with Crippen LogP contribution in [0.5, 0.6) is 11.5 Å². The third-order valence-corrected chi connectivity index (χ3v) is 3.67. The molecule has 1 saturated heterocycles. The largest absolute Gasteiger partial charge is 0.503 e. The number of aromatic hydroxyl groups is 1. The molecule has 1 atom stereocenters. The Morgan fingerprint density at radius 3 is 2.83 bits per heavy atom. The lowest BCUT2D eigenvalue weighted by atomic mass is 9.97. The van der Waals surface area contributed by atoms with Gasteiger partial charge in [-0.15, -0.1) is 12.4 Å². The Balaban J connectivity index is 0.00000162. The summed E-state index contributed by atoms with van der Waals surface area (Å²) in [5.41, 5.74) is 1.18. The van der Waals surface area contributed by atoms with Gasteiger partial charge in [-0.2, -0.15) is 0 Å². The van der Waals surface area contributed by atoms with Crippen LogP contribution in [0.15, 0.2) is 16.6 Å². The maximum atomic E-state index is 9.86. The van der Waals surface area contributed by atoms with Crippen molar-refractivity contribution in [1.82, 2.24) is 5.32 Å². The van der Waals surface area contributed by atoms with Crippen molar-refractivity contribution in [3.63, 3.8) is 0 Å². The number of halogens is 2. The zero-order valence-corrected chi connectivity index (χ0v) is 12.8.